The van der Waals surface area contributed by atoms with Gasteiger partial charge in [-0.15, -0.1) is 0 Å². The second-order valence-electron chi connectivity index (χ2n) is 6.50. The first-order valence-corrected chi connectivity index (χ1v) is 7.99. The van der Waals surface area contributed by atoms with Gasteiger partial charge in [-0.2, -0.15) is 101 Å². The molecule has 0 aromatic carbocycles. The van der Waals surface area contributed by atoms with E-state index in [1.807, 2.05) is 0 Å². The van der Waals surface area contributed by atoms with Crippen LogP contribution in [0.4, 0.5) is 101 Å². The number of hydrogen-bond donors (Lipinski definition) is 1. The summed E-state index contributed by atoms with van der Waals surface area (Å²) in [7, 11) is 0. The van der Waals surface area contributed by atoms with Crippen molar-refractivity contribution in [2.45, 2.75) is 66.5 Å². The molecule has 0 bridgehead atoms. The molecule has 0 heterocycles. The Balaban J connectivity index is 7.14. The van der Waals surface area contributed by atoms with Gasteiger partial charge in [0.25, 0.3) is 0 Å². The summed E-state index contributed by atoms with van der Waals surface area (Å²) < 4.78 is 300. The molecule has 3 atom stereocenters. The maximum absolute atomic E-state index is 14.0. The molecule has 236 valence electrons. The minimum absolute atomic E-state index is 1.01. The molecule has 0 saturated heterocycles. The topological polar surface area (TPSA) is 47.9 Å². The van der Waals surface area contributed by atoms with Crippen LogP contribution in [0.2, 0.25) is 0 Å². The molecule has 4 nitrogen and oxygen atoms in total. The number of hydrogen-bond acceptors (Lipinski definition) is 4. The highest BCUT2D eigenvalue weighted by molar-refractivity contribution is 4.97. The predicted molar refractivity (Wildman–Crippen MR) is 65.9 cm³/mol. The van der Waals surface area contributed by atoms with Gasteiger partial charge in [-0.3, -0.25) is 14.2 Å². The fourth-order valence-electron chi connectivity index (χ4n) is 1.66. The van der Waals surface area contributed by atoms with Crippen LogP contribution in [0.25, 0.3) is 0 Å². The van der Waals surface area contributed by atoms with E-state index in [9.17, 15) is 101 Å². The molecule has 27 heteroatoms. The minimum atomic E-state index is -8.68. The van der Waals surface area contributed by atoms with Crippen LogP contribution in [0.3, 0.4) is 0 Å². The molecule has 0 amide bonds. The van der Waals surface area contributed by atoms with E-state index in [1.165, 1.54) is 0 Å². The van der Waals surface area contributed by atoms with Gasteiger partial charge in [-0.25, -0.2) is 0 Å². The van der Waals surface area contributed by atoms with Crippen molar-refractivity contribution in [3.8, 4) is 0 Å². The van der Waals surface area contributed by atoms with Gasteiger partial charge in [-0.05, 0) is 0 Å². The average molecular weight is 648 g/mol. The van der Waals surface area contributed by atoms with Crippen LogP contribution in [-0.4, -0.2) is 78.2 Å². The number of aliphatic hydroxyl groups is 1. The Bertz CT molecular complexity index is 855. The van der Waals surface area contributed by atoms with E-state index in [1.54, 1.807) is 4.74 Å². The molecule has 39 heavy (non-hydrogen) atoms. The van der Waals surface area contributed by atoms with Gasteiger partial charge in [0, 0.05) is 0 Å². The third-order valence-corrected chi connectivity index (χ3v) is 3.65. The second-order valence-corrected chi connectivity index (χ2v) is 6.50. The van der Waals surface area contributed by atoms with E-state index < -0.39 is 73.1 Å². The van der Waals surface area contributed by atoms with Gasteiger partial charge in [0.15, 0.2) is 0 Å². The standard InChI is InChI=1S/C12H3F23O4/c13-2(1-36,6(18,19)20)37-11(32,33)4(16,8(24,25)26)39-12(34,35)5(17,9(27,28)29)38-10(30,31)3(14,15)7(21,22)23/h36H,1H2/t2-,4+,5+/m0/s1. The molecule has 0 spiro atoms. The van der Waals surface area contributed by atoms with E-state index in [4.69, 9.17) is 5.11 Å². The Labute approximate surface area is 195 Å². The van der Waals surface area contributed by atoms with Crippen LogP contribution < -0.4 is 0 Å². The third-order valence-electron chi connectivity index (χ3n) is 3.65. The lowest BCUT2D eigenvalue weighted by Gasteiger charge is -2.42. The van der Waals surface area contributed by atoms with E-state index in [0.717, 1.165) is 9.47 Å². The number of ether oxygens (including phenoxy) is 3. The smallest absolute Gasteiger partial charge is 0.390 e. The molecule has 0 saturated carbocycles. The van der Waals surface area contributed by atoms with Crippen LogP contribution in [0, 0.1) is 0 Å². The lowest BCUT2D eigenvalue weighted by molar-refractivity contribution is -0.579. The summed E-state index contributed by atoms with van der Waals surface area (Å²) in [5.41, 5.74) is 0. The number of halogens is 23. The molecular formula is C12H3F23O4. The van der Waals surface area contributed by atoms with Gasteiger partial charge in [0.1, 0.15) is 6.61 Å². The van der Waals surface area contributed by atoms with Crippen molar-refractivity contribution in [1.29, 1.82) is 0 Å². The molecule has 1 N–H and O–H groups in total. The molecule has 0 radical (unpaired) electrons. The van der Waals surface area contributed by atoms with Crippen LogP contribution in [0.15, 0.2) is 0 Å². The van der Waals surface area contributed by atoms with Crippen LogP contribution in [-0.2, 0) is 14.2 Å². The van der Waals surface area contributed by atoms with Crippen molar-refractivity contribution in [3.05, 3.63) is 0 Å². The minimum Gasteiger partial charge on any atom is -0.390 e. The molecular weight excluding hydrogens is 645 g/mol. The van der Waals surface area contributed by atoms with Gasteiger partial charge in [-0.1, -0.05) is 0 Å². The predicted octanol–water partition coefficient (Wildman–Crippen LogP) is 6.69. The first kappa shape index (κ1) is 37.2. The monoisotopic (exact) mass is 648 g/mol. The van der Waals surface area contributed by atoms with Crippen LogP contribution >= 0.6 is 0 Å². The molecule has 0 rings (SSSR count). The summed E-state index contributed by atoms with van der Waals surface area (Å²) in [5.74, 6) is -31.9. The van der Waals surface area contributed by atoms with E-state index in [2.05, 4.69) is 0 Å². The Morgan fingerprint density at radius 2 is 0.641 bits per heavy atom. The summed E-state index contributed by atoms with van der Waals surface area (Å²) in [6.45, 7) is -3.62. The second kappa shape index (κ2) is 9.66. The zero-order valence-corrected chi connectivity index (χ0v) is 16.6. The Hall–Kier alpha value is -1.77. The summed E-state index contributed by atoms with van der Waals surface area (Å²) in [5, 5.41) is 8.07. The zero-order valence-electron chi connectivity index (χ0n) is 16.6. The third kappa shape index (κ3) is 6.28. The van der Waals surface area contributed by atoms with Gasteiger partial charge in [0.05, 0.1) is 0 Å². The van der Waals surface area contributed by atoms with E-state index >= 15 is 0 Å². The van der Waals surface area contributed by atoms with Crippen molar-refractivity contribution in [3.63, 3.8) is 0 Å². The molecule has 0 fully saturated rings. The summed E-state index contributed by atoms with van der Waals surface area (Å²) in [6, 6.07) is 0. The van der Waals surface area contributed by atoms with Crippen LogP contribution in [0.1, 0.15) is 0 Å². The van der Waals surface area contributed by atoms with E-state index in [0.29, 0.717) is 0 Å². The fraction of sp³-hybridized carbons (Fsp3) is 1.00. The van der Waals surface area contributed by atoms with Crippen molar-refractivity contribution >= 4 is 0 Å². The number of aliphatic hydroxyl groups excluding tert-OH is 1. The summed E-state index contributed by atoms with van der Waals surface area (Å²) >= 11 is 0. The molecule has 0 aromatic heterocycles. The quantitative estimate of drug-likeness (QED) is 0.269. The Kier molecular flexibility index (Phi) is 9.22. The van der Waals surface area contributed by atoms with E-state index in [-0.39, 0.29) is 0 Å². The molecule has 0 aromatic rings. The largest absolute Gasteiger partial charge is 0.462 e. The highest BCUT2D eigenvalue weighted by atomic mass is 19.4. The van der Waals surface area contributed by atoms with Crippen molar-refractivity contribution < 1.29 is 120 Å². The molecule has 0 aliphatic carbocycles. The number of rotatable bonds is 10. The lowest BCUT2D eigenvalue weighted by Crippen LogP contribution is -2.70. The average Bonchev–Trinajstić information content (AvgIpc) is 2.62. The normalized spacial score (nSPS) is 20.3. The summed E-state index contributed by atoms with van der Waals surface area (Å²) in [6.07, 6.45) is -56.9. The highest BCUT2D eigenvalue weighted by Gasteiger charge is 2.88. The zero-order chi connectivity index (χ0) is 32.3. The van der Waals surface area contributed by atoms with Gasteiger partial charge >= 0.3 is 66.5 Å². The maximum atomic E-state index is 14.0. The SMILES string of the molecule is OC[C@](F)(OC(F)(F)[C@](F)(OC(F)(F)[C@](F)(OC(F)(F)C(F)(F)C(F)(F)F)C(F)(F)F)C(F)(F)F)C(F)(F)F. The molecule has 0 aliphatic rings. The highest BCUT2D eigenvalue weighted by Crippen LogP contribution is 2.59. The fourth-order valence-corrected chi connectivity index (χ4v) is 1.66. The van der Waals surface area contributed by atoms with Crippen LogP contribution in [0.5, 0.6) is 0 Å². The lowest BCUT2D eigenvalue weighted by atomic mass is 10.2. The summed E-state index contributed by atoms with van der Waals surface area (Å²) in [4.78, 5) is 0. The Morgan fingerprint density at radius 3 is 0.872 bits per heavy atom. The first-order chi connectivity index (χ1) is 16.4. The van der Waals surface area contributed by atoms with Crippen molar-refractivity contribution in [2.75, 3.05) is 6.61 Å². The van der Waals surface area contributed by atoms with Gasteiger partial charge in [0.2, 0.25) is 0 Å². The van der Waals surface area contributed by atoms with Crippen molar-refractivity contribution in [1.82, 2.24) is 0 Å². The van der Waals surface area contributed by atoms with Gasteiger partial charge < -0.3 is 5.11 Å². The number of alkyl halides is 23. The maximum Gasteiger partial charge on any atom is 0.462 e. The first-order valence-electron chi connectivity index (χ1n) is 7.99. The molecule has 0 unspecified atom stereocenters. The van der Waals surface area contributed by atoms with Crippen molar-refractivity contribution in [2.24, 2.45) is 0 Å². The Morgan fingerprint density at radius 1 is 0.359 bits per heavy atom. The molecule has 0 aliphatic heterocycles.